The Morgan fingerprint density at radius 1 is 1.25 bits per heavy atom. The zero-order chi connectivity index (χ0) is 14.1. The van der Waals surface area contributed by atoms with Crippen molar-refractivity contribution in [3.05, 3.63) is 46.7 Å². The van der Waals surface area contributed by atoms with Gasteiger partial charge in [0.2, 0.25) is 0 Å². The van der Waals surface area contributed by atoms with Gasteiger partial charge in [0.25, 0.3) is 0 Å². The highest BCUT2D eigenvalue weighted by Gasteiger charge is 2.11. The molecule has 0 amide bonds. The van der Waals surface area contributed by atoms with Crippen LogP contribution >= 0.6 is 23.3 Å². The average Bonchev–Trinajstić information content (AvgIpc) is 2.90. The highest BCUT2D eigenvalue weighted by molar-refractivity contribution is 7.00. The molecule has 2 N–H and O–H groups in total. The van der Waals surface area contributed by atoms with Crippen LogP contribution in [0, 0.1) is 5.82 Å². The van der Waals surface area contributed by atoms with Crippen molar-refractivity contribution >= 4 is 40.0 Å². The van der Waals surface area contributed by atoms with Crippen LogP contribution in [0.4, 0.5) is 10.1 Å². The van der Waals surface area contributed by atoms with E-state index in [0.717, 1.165) is 17.2 Å². The van der Waals surface area contributed by atoms with E-state index in [9.17, 15) is 9.50 Å². The molecule has 1 aromatic heterocycles. The summed E-state index contributed by atoms with van der Waals surface area (Å²) in [5.74, 6) is -1.01. The summed E-state index contributed by atoms with van der Waals surface area (Å²) < 4.78 is 21.6. The van der Waals surface area contributed by atoms with Crippen LogP contribution in [0.1, 0.15) is 5.56 Å². The van der Waals surface area contributed by atoms with Crippen molar-refractivity contribution in [1.82, 2.24) is 8.75 Å². The summed E-state index contributed by atoms with van der Waals surface area (Å²) in [6, 6.07) is 7.89. The maximum absolute atomic E-state index is 13.3. The largest absolute Gasteiger partial charge is 0.505 e. The average molecular weight is 310 g/mol. The van der Waals surface area contributed by atoms with Crippen LogP contribution in [0.5, 0.6) is 5.75 Å². The van der Waals surface area contributed by atoms with E-state index in [1.54, 1.807) is 24.3 Å². The molecule has 0 spiro atoms. The highest BCUT2D eigenvalue weighted by atomic mass is 35.5. The van der Waals surface area contributed by atoms with Gasteiger partial charge in [-0.25, -0.2) is 4.39 Å². The van der Waals surface area contributed by atoms with Gasteiger partial charge < -0.3 is 10.4 Å². The van der Waals surface area contributed by atoms with Crippen LogP contribution in [0.3, 0.4) is 0 Å². The Hall–Kier alpha value is -1.92. The summed E-state index contributed by atoms with van der Waals surface area (Å²) >= 11 is 7.23. The van der Waals surface area contributed by atoms with E-state index in [0.29, 0.717) is 21.8 Å². The molecule has 0 radical (unpaired) electrons. The van der Waals surface area contributed by atoms with Crippen molar-refractivity contribution in [2.24, 2.45) is 0 Å². The lowest BCUT2D eigenvalue weighted by Gasteiger charge is -2.10. The summed E-state index contributed by atoms with van der Waals surface area (Å²) in [5, 5.41) is 13.2. The molecule has 2 aromatic carbocycles. The third-order valence-corrected chi connectivity index (χ3v) is 3.76. The van der Waals surface area contributed by atoms with Crippen LogP contribution in [-0.2, 0) is 6.54 Å². The smallest absolute Gasteiger partial charge is 0.165 e. The van der Waals surface area contributed by atoms with Gasteiger partial charge in [-0.15, -0.1) is 0 Å². The number of rotatable bonds is 3. The summed E-state index contributed by atoms with van der Waals surface area (Å²) in [4.78, 5) is 0. The van der Waals surface area contributed by atoms with Crippen molar-refractivity contribution in [3.63, 3.8) is 0 Å². The summed E-state index contributed by atoms with van der Waals surface area (Å²) in [6.45, 7) is 0.236. The Labute approximate surface area is 123 Å². The molecule has 3 aromatic rings. The van der Waals surface area contributed by atoms with Gasteiger partial charge in [-0.05, 0) is 18.2 Å². The van der Waals surface area contributed by atoms with Crippen molar-refractivity contribution in [1.29, 1.82) is 0 Å². The molecule has 0 bridgehead atoms. The van der Waals surface area contributed by atoms with Crippen molar-refractivity contribution < 1.29 is 9.50 Å². The molecule has 0 aliphatic rings. The van der Waals surface area contributed by atoms with Crippen molar-refractivity contribution in [2.75, 3.05) is 5.32 Å². The molecule has 0 aliphatic carbocycles. The number of benzene rings is 2. The van der Waals surface area contributed by atoms with Gasteiger partial charge in [0, 0.05) is 12.1 Å². The number of halogens is 2. The summed E-state index contributed by atoms with van der Waals surface area (Å²) in [7, 11) is 0. The first-order chi connectivity index (χ1) is 9.66. The zero-order valence-corrected chi connectivity index (χ0v) is 11.7. The number of nitrogens with zero attached hydrogens (tertiary/aromatic N) is 2. The SMILES string of the molecule is Oc1c(F)cccc1CNc1c(Cl)ccc2nsnc12. The van der Waals surface area contributed by atoms with E-state index < -0.39 is 5.82 Å². The normalized spacial score (nSPS) is 10.9. The van der Waals surface area contributed by atoms with E-state index in [1.807, 2.05) is 0 Å². The molecule has 0 atom stereocenters. The molecule has 7 heteroatoms. The Morgan fingerprint density at radius 2 is 2.10 bits per heavy atom. The number of anilines is 1. The van der Waals surface area contributed by atoms with Gasteiger partial charge in [0.1, 0.15) is 11.0 Å². The van der Waals surface area contributed by atoms with E-state index in [1.165, 1.54) is 6.07 Å². The summed E-state index contributed by atoms with van der Waals surface area (Å²) in [6.07, 6.45) is 0. The predicted molar refractivity (Wildman–Crippen MR) is 77.8 cm³/mol. The molecule has 0 saturated carbocycles. The summed E-state index contributed by atoms with van der Waals surface area (Å²) in [5.41, 5.74) is 2.48. The molecule has 1 heterocycles. The van der Waals surface area contributed by atoms with Crippen LogP contribution in [-0.4, -0.2) is 13.9 Å². The first-order valence-electron chi connectivity index (χ1n) is 5.78. The minimum atomic E-state index is -0.649. The third kappa shape index (κ3) is 2.28. The number of hydrogen-bond donors (Lipinski definition) is 2. The number of phenols is 1. The minimum absolute atomic E-state index is 0.236. The maximum Gasteiger partial charge on any atom is 0.165 e. The van der Waals surface area contributed by atoms with Crippen molar-refractivity contribution in [3.8, 4) is 5.75 Å². The molecule has 0 fully saturated rings. The number of aromatic hydroxyl groups is 1. The van der Waals surface area contributed by atoms with Gasteiger partial charge in [-0.2, -0.15) is 8.75 Å². The lowest BCUT2D eigenvalue weighted by Crippen LogP contribution is -2.01. The van der Waals surface area contributed by atoms with Crippen LogP contribution in [0.25, 0.3) is 11.0 Å². The third-order valence-electron chi connectivity index (χ3n) is 2.90. The lowest BCUT2D eigenvalue weighted by molar-refractivity contribution is 0.427. The van der Waals surface area contributed by atoms with Crippen LogP contribution in [0.15, 0.2) is 30.3 Å². The second kappa shape index (κ2) is 5.22. The number of fused-ring (bicyclic) bond motifs is 1. The number of aromatic nitrogens is 2. The molecular formula is C13H9ClFN3OS. The molecule has 3 rings (SSSR count). The topological polar surface area (TPSA) is 58.0 Å². The minimum Gasteiger partial charge on any atom is -0.505 e. The highest BCUT2D eigenvalue weighted by Crippen LogP contribution is 2.31. The van der Waals surface area contributed by atoms with Crippen LogP contribution < -0.4 is 5.32 Å². The van der Waals surface area contributed by atoms with E-state index >= 15 is 0 Å². The maximum atomic E-state index is 13.3. The lowest BCUT2D eigenvalue weighted by atomic mass is 10.2. The number of hydrogen-bond acceptors (Lipinski definition) is 5. The standard InChI is InChI=1S/C13H9ClFN3OS/c14-8-4-5-10-12(18-20-17-10)11(8)16-6-7-2-1-3-9(15)13(7)19/h1-5,16,19H,6H2. The van der Waals surface area contributed by atoms with E-state index in [-0.39, 0.29) is 12.3 Å². The first-order valence-corrected chi connectivity index (χ1v) is 6.88. The Kier molecular flexibility index (Phi) is 3.42. The molecule has 20 heavy (non-hydrogen) atoms. The second-order valence-electron chi connectivity index (χ2n) is 4.16. The fourth-order valence-electron chi connectivity index (χ4n) is 1.88. The van der Waals surface area contributed by atoms with E-state index in [4.69, 9.17) is 11.6 Å². The monoisotopic (exact) mass is 309 g/mol. The number of para-hydroxylation sites is 1. The fourth-order valence-corrected chi connectivity index (χ4v) is 2.64. The number of nitrogens with one attached hydrogen (secondary N) is 1. The number of phenolic OH excluding ortho intramolecular Hbond substituents is 1. The molecular weight excluding hydrogens is 301 g/mol. The van der Waals surface area contributed by atoms with Gasteiger partial charge in [-0.3, -0.25) is 0 Å². The van der Waals surface area contributed by atoms with Gasteiger partial charge in [0.15, 0.2) is 11.6 Å². The zero-order valence-electron chi connectivity index (χ0n) is 10.1. The van der Waals surface area contributed by atoms with Gasteiger partial charge >= 0.3 is 0 Å². The van der Waals surface area contributed by atoms with E-state index in [2.05, 4.69) is 14.1 Å². The van der Waals surface area contributed by atoms with Crippen molar-refractivity contribution in [2.45, 2.75) is 6.54 Å². The fraction of sp³-hybridized carbons (Fsp3) is 0.0769. The molecule has 0 unspecified atom stereocenters. The second-order valence-corrected chi connectivity index (χ2v) is 5.09. The molecule has 4 nitrogen and oxygen atoms in total. The Balaban J connectivity index is 1.92. The Morgan fingerprint density at radius 3 is 2.95 bits per heavy atom. The van der Waals surface area contributed by atoms with Gasteiger partial charge in [0.05, 0.1) is 22.4 Å². The van der Waals surface area contributed by atoms with Gasteiger partial charge in [-0.1, -0.05) is 23.7 Å². The van der Waals surface area contributed by atoms with Crippen LogP contribution in [0.2, 0.25) is 5.02 Å². The molecule has 102 valence electrons. The first kappa shape index (κ1) is 13.1. The Bertz CT molecular complexity index is 777. The quantitative estimate of drug-likeness (QED) is 0.772. The predicted octanol–water partition coefficient (Wildman–Crippen LogP) is 3.80. The molecule has 0 saturated heterocycles. The molecule has 0 aliphatic heterocycles.